The van der Waals surface area contributed by atoms with Crippen molar-refractivity contribution in [2.24, 2.45) is 7.05 Å². The summed E-state index contributed by atoms with van der Waals surface area (Å²) in [5.74, 6) is 0. The molecule has 0 unspecified atom stereocenters. The molecule has 3 nitrogen and oxygen atoms in total. The lowest BCUT2D eigenvalue weighted by molar-refractivity contribution is 0.112. The minimum Gasteiger partial charge on any atom is -0.350 e. The van der Waals surface area contributed by atoms with Gasteiger partial charge in [0.05, 0.1) is 5.52 Å². The van der Waals surface area contributed by atoms with Crippen molar-refractivity contribution in [3.63, 3.8) is 0 Å². The number of carbonyl (C=O) groups excluding carboxylic acids is 1. The highest BCUT2D eigenvalue weighted by atomic mass is 16.1. The molecule has 2 aromatic heterocycles. The Labute approximate surface area is 117 Å². The summed E-state index contributed by atoms with van der Waals surface area (Å²) in [6.45, 7) is 2.12. The lowest BCUT2D eigenvalue weighted by Crippen LogP contribution is -1.94. The maximum Gasteiger partial charge on any atom is 0.150 e. The van der Waals surface area contributed by atoms with Crippen LogP contribution < -0.4 is 0 Å². The Bertz CT molecular complexity index is 770. The van der Waals surface area contributed by atoms with Crippen molar-refractivity contribution in [1.29, 1.82) is 0 Å². The first-order valence-electron chi connectivity index (χ1n) is 6.73. The van der Waals surface area contributed by atoms with E-state index in [1.165, 1.54) is 10.9 Å². The van der Waals surface area contributed by atoms with E-state index in [9.17, 15) is 4.79 Å². The van der Waals surface area contributed by atoms with E-state index in [1.54, 1.807) is 0 Å². The molecule has 0 spiro atoms. The minimum atomic E-state index is 0.690. The molecule has 0 saturated heterocycles. The van der Waals surface area contributed by atoms with Crippen molar-refractivity contribution < 1.29 is 4.79 Å². The van der Waals surface area contributed by atoms with Crippen LogP contribution >= 0.6 is 0 Å². The van der Waals surface area contributed by atoms with Gasteiger partial charge in [0.1, 0.15) is 6.29 Å². The summed E-state index contributed by atoms with van der Waals surface area (Å²) in [5.41, 5.74) is 5.18. The smallest absolute Gasteiger partial charge is 0.150 e. The van der Waals surface area contributed by atoms with E-state index in [0.29, 0.717) is 5.56 Å². The number of benzene rings is 1. The monoisotopic (exact) mass is 264 g/mol. The number of rotatable bonds is 3. The third kappa shape index (κ3) is 1.92. The predicted octanol–water partition coefficient (Wildman–Crippen LogP) is 3.62. The highest BCUT2D eigenvalue weighted by Gasteiger charge is 2.11. The summed E-state index contributed by atoms with van der Waals surface area (Å²) >= 11 is 0. The molecule has 3 rings (SSSR count). The van der Waals surface area contributed by atoms with Crippen molar-refractivity contribution in [2.75, 3.05) is 0 Å². The minimum absolute atomic E-state index is 0.690. The Kier molecular flexibility index (Phi) is 3.11. The fraction of sp³-hybridized carbons (Fsp3) is 0.176. The van der Waals surface area contributed by atoms with Crippen LogP contribution in [0.2, 0.25) is 0 Å². The second-order valence-electron chi connectivity index (χ2n) is 4.90. The maximum absolute atomic E-state index is 10.7. The van der Waals surface area contributed by atoms with Gasteiger partial charge in [0.2, 0.25) is 0 Å². The highest BCUT2D eigenvalue weighted by Crippen LogP contribution is 2.30. The van der Waals surface area contributed by atoms with Gasteiger partial charge in [0.15, 0.2) is 0 Å². The summed E-state index contributed by atoms with van der Waals surface area (Å²) in [6.07, 6.45) is 5.77. The van der Waals surface area contributed by atoms with Gasteiger partial charge in [-0.2, -0.15) is 0 Å². The van der Waals surface area contributed by atoms with Crippen LogP contribution in [0.25, 0.3) is 22.0 Å². The third-order valence-electron chi connectivity index (χ3n) is 3.68. The summed E-state index contributed by atoms with van der Waals surface area (Å²) in [5, 5.41) is 1.20. The lowest BCUT2D eigenvalue weighted by atomic mass is 10.0. The summed E-state index contributed by atoms with van der Waals surface area (Å²) in [4.78, 5) is 15.3. The zero-order chi connectivity index (χ0) is 14.1. The quantitative estimate of drug-likeness (QED) is 0.677. The normalized spacial score (nSPS) is 10.9. The van der Waals surface area contributed by atoms with E-state index < -0.39 is 0 Å². The Hall–Kier alpha value is -2.42. The van der Waals surface area contributed by atoms with Crippen LogP contribution in [0.1, 0.15) is 23.0 Å². The number of nitrogens with zero attached hydrogens (tertiary/aromatic N) is 2. The molecule has 100 valence electrons. The number of fused-ring (bicyclic) bond motifs is 1. The number of hydrogen-bond donors (Lipinski definition) is 0. The first-order valence-corrected chi connectivity index (χ1v) is 6.73. The second-order valence-corrected chi connectivity index (χ2v) is 4.90. The van der Waals surface area contributed by atoms with Crippen LogP contribution in [0, 0.1) is 0 Å². The van der Waals surface area contributed by atoms with Gasteiger partial charge in [0.25, 0.3) is 0 Å². The van der Waals surface area contributed by atoms with E-state index in [4.69, 9.17) is 0 Å². The molecule has 3 aromatic rings. The Balaban J connectivity index is 2.25. The predicted molar refractivity (Wildman–Crippen MR) is 80.9 cm³/mol. The molecule has 0 fully saturated rings. The molecule has 0 atom stereocenters. The van der Waals surface area contributed by atoms with E-state index in [1.807, 2.05) is 37.5 Å². The first kappa shape index (κ1) is 12.6. The number of aromatic nitrogens is 2. The Morgan fingerprint density at radius 1 is 1.20 bits per heavy atom. The zero-order valence-electron chi connectivity index (χ0n) is 11.6. The zero-order valence-corrected chi connectivity index (χ0v) is 11.6. The van der Waals surface area contributed by atoms with Crippen molar-refractivity contribution in [3.8, 4) is 11.1 Å². The Morgan fingerprint density at radius 2 is 1.95 bits per heavy atom. The maximum atomic E-state index is 10.7. The molecular weight excluding hydrogens is 248 g/mol. The largest absolute Gasteiger partial charge is 0.350 e. The number of aldehydes is 1. The molecule has 0 aliphatic rings. The van der Waals surface area contributed by atoms with E-state index >= 15 is 0 Å². The standard InChI is InChI=1S/C17H16N2O/c1-3-16-14-8-9-19(2)17(14)15(10-18-16)13-6-4-12(11-20)5-7-13/h4-11H,3H2,1-2H3. The van der Waals surface area contributed by atoms with Gasteiger partial charge >= 0.3 is 0 Å². The van der Waals surface area contributed by atoms with E-state index in [0.717, 1.165) is 29.5 Å². The molecule has 20 heavy (non-hydrogen) atoms. The van der Waals surface area contributed by atoms with Crippen LogP contribution in [0.3, 0.4) is 0 Å². The van der Waals surface area contributed by atoms with Gasteiger partial charge in [-0.25, -0.2) is 0 Å². The second kappa shape index (κ2) is 4.93. The van der Waals surface area contributed by atoms with Crippen LogP contribution in [-0.2, 0) is 13.5 Å². The van der Waals surface area contributed by atoms with E-state index in [-0.39, 0.29) is 0 Å². The molecule has 2 heterocycles. The molecule has 0 radical (unpaired) electrons. The van der Waals surface area contributed by atoms with Crippen molar-refractivity contribution in [1.82, 2.24) is 9.55 Å². The summed E-state index contributed by atoms with van der Waals surface area (Å²) in [7, 11) is 2.05. The molecule has 0 amide bonds. The number of aryl methyl sites for hydroxylation is 2. The fourth-order valence-corrected chi connectivity index (χ4v) is 2.61. The molecule has 3 heteroatoms. The van der Waals surface area contributed by atoms with Crippen LogP contribution in [0.5, 0.6) is 0 Å². The lowest BCUT2D eigenvalue weighted by Gasteiger charge is -2.09. The van der Waals surface area contributed by atoms with Crippen LogP contribution in [0.15, 0.2) is 42.7 Å². The first-order chi connectivity index (χ1) is 9.74. The Morgan fingerprint density at radius 3 is 2.60 bits per heavy atom. The van der Waals surface area contributed by atoms with Gasteiger partial charge in [-0.3, -0.25) is 9.78 Å². The van der Waals surface area contributed by atoms with Crippen molar-refractivity contribution >= 4 is 17.2 Å². The number of carbonyl (C=O) groups is 1. The highest BCUT2D eigenvalue weighted by molar-refractivity contribution is 5.95. The van der Waals surface area contributed by atoms with Crippen LogP contribution in [0.4, 0.5) is 0 Å². The van der Waals surface area contributed by atoms with Crippen molar-refractivity contribution in [3.05, 3.63) is 54.0 Å². The summed E-state index contributed by atoms with van der Waals surface area (Å²) in [6, 6.07) is 9.73. The number of pyridine rings is 1. The third-order valence-corrected chi connectivity index (χ3v) is 3.68. The van der Waals surface area contributed by atoms with Gasteiger partial charge in [0, 0.05) is 41.6 Å². The molecular formula is C17H16N2O. The SMILES string of the molecule is CCc1ncc(-c2ccc(C=O)cc2)c2c1ccn2C. The number of hydrogen-bond acceptors (Lipinski definition) is 2. The van der Waals surface area contributed by atoms with Gasteiger partial charge in [-0.15, -0.1) is 0 Å². The molecule has 0 aliphatic heterocycles. The van der Waals surface area contributed by atoms with Crippen LogP contribution in [-0.4, -0.2) is 15.8 Å². The van der Waals surface area contributed by atoms with Gasteiger partial charge in [-0.1, -0.05) is 31.2 Å². The average molecular weight is 264 g/mol. The average Bonchev–Trinajstić information content (AvgIpc) is 2.89. The van der Waals surface area contributed by atoms with Gasteiger partial charge in [-0.05, 0) is 18.1 Å². The topological polar surface area (TPSA) is 34.9 Å². The summed E-state index contributed by atoms with van der Waals surface area (Å²) < 4.78 is 2.12. The van der Waals surface area contributed by atoms with Gasteiger partial charge < -0.3 is 4.57 Å². The molecule has 0 bridgehead atoms. The van der Waals surface area contributed by atoms with Crippen molar-refractivity contribution in [2.45, 2.75) is 13.3 Å². The molecule has 0 N–H and O–H groups in total. The molecule has 1 aromatic carbocycles. The molecule has 0 aliphatic carbocycles. The fourth-order valence-electron chi connectivity index (χ4n) is 2.61. The molecule has 0 saturated carbocycles. The van der Waals surface area contributed by atoms with E-state index in [2.05, 4.69) is 28.7 Å².